The highest BCUT2D eigenvalue weighted by atomic mass is 16.6. The first-order valence-electron chi connectivity index (χ1n) is 14.4. The van der Waals surface area contributed by atoms with Crippen LogP contribution in [0.15, 0.2) is 18.2 Å². The van der Waals surface area contributed by atoms with Crippen LogP contribution >= 0.6 is 0 Å². The SMILES string of the molecule is COC(=O)[C@@H]1C[C@@H]2CN1C(=O)C(C(C)(C)C)NC(=O)O[C@@H]1C[C@H]1CCCCCc1nc3ccc(OC)cc3nc1O2. The Balaban J connectivity index is 1.49. The van der Waals surface area contributed by atoms with Gasteiger partial charge in [0.15, 0.2) is 0 Å². The maximum atomic E-state index is 14.0. The zero-order chi connectivity index (χ0) is 29.3. The summed E-state index contributed by atoms with van der Waals surface area (Å²) in [5, 5.41) is 2.80. The second-order valence-electron chi connectivity index (χ2n) is 12.3. The Morgan fingerprint density at radius 1 is 1.05 bits per heavy atom. The molecule has 2 fully saturated rings. The second-order valence-corrected chi connectivity index (χ2v) is 12.3. The summed E-state index contributed by atoms with van der Waals surface area (Å²) in [5.41, 5.74) is 1.48. The van der Waals surface area contributed by atoms with Crippen LogP contribution in [0.3, 0.4) is 0 Å². The summed E-state index contributed by atoms with van der Waals surface area (Å²) in [6.45, 7) is 5.72. The minimum Gasteiger partial charge on any atom is -0.497 e. The van der Waals surface area contributed by atoms with Crippen LogP contribution in [0.5, 0.6) is 11.6 Å². The fraction of sp³-hybridized carbons (Fsp3) is 0.633. The van der Waals surface area contributed by atoms with E-state index in [9.17, 15) is 14.4 Å². The number of carbonyl (C=O) groups is 3. The summed E-state index contributed by atoms with van der Waals surface area (Å²) in [4.78, 5) is 50.8. The third-order valence-electron chi connectivity index (χ3n) is 8.18. The minimum atomic E-state index is -0.916. The number of hydrogen-bond acceptors (Lipinski definition) is 9. The molecule has 0 spiro atoms. The van der Waals surface area contributed by atoms with Gasteiger partial charge in [-0.1, -0.05) is 33.6 Å². The standard InChI is InChI=1S/C30H40N4O7/c1-30(2,3)25-27(35)34-16-19(15-23(34)28(36)39-5)40-26-21(31-20-12-11-18(38-4)14-22(20)32-26)10-8-6-7-9-17-13-24(17)41-29(37)33-25/h11-12,14,17,19,23-25H,6-10,13,15-16H2,1-5H3,(H,33,37)/t17-,19-,23+,24-,25?/m1/s1. The molecule has 3 heterocycles. The van der Waals surface area contributed by atoms with E-state index in [0.717, 1.165) is 43.3 Å². The van der Waals surface area contributed by atoms with Crippen LogP contribution < -0.4 is 14.8 Å². The molecule has 1 saturated carbocycles. The fourth-order valence-electron chi connectivity index (χ4n) is 5.73. The molecule has 2 aliphatic heterocycles. The predicted octanol–water partition coefficient (Wildman–Crippen LogP) is 3.81. The van der Waals surface area contributed by atoms with E-state index in [0.29, 0.717) is 29.5 Å². The Morgan fingerprint density at radius 2 is 1.85 bits per heavy atom. The van der Waals surface area contributed by atoms with Crippen LogP contribution in [0, 0.1) is 11.3 Å². The number of carbonyl (C=O) groups excluding carboxylic acids is 3. The van der Waals surface area contributed by atoms with Crippen LogP contribution in [0.2, 0.25) is 0 Å². The summed E-state index contributed by atoms with van der Waals surface area (Å²) in [6.07, 6.45) is 4.35. The van der Waals surface area contributed by atoms with Gasteiger partial charge < -0.3 is 29.2 Å². The monoisotopic (exact) mass is 568 g/mol. The molecule has 222 valence electrons. The van der Waals surface area contributed by atoms with Crippen molar-refractivity contribution < 1.29 is 33.3 Å². The van der Waals surface area contributed by atoms with Gasteiger partial charge in [0.05, 0.1) is 31.8 Å². The van der Waals surface area contributed by atoms with E-state index in [1.54, 1.807) is 7.11 Å². The van der Waals surface area contributed by atoms with E-state index in [1.165, 1.54) is 12.0 Å². The van der Waals surface area contributed by atoms with E-state index in [4.69, 9.17) is 28.9 Å². The molecule has 11 heteroatoms. The molecular weight excluding hydrogens is 528 g/mol. The number of benzene rings is 1. The normalized spacial score (nSPS) is 27.3. The van der Waals surface area contributed by atoms with Gasteiger partial charge in [-0.15, -0.1) is 0 Å². The number of ether oxygens (including phenoxy) is 4. The maximum absolute atomic E-state index is 14.0. The van der Waals surface area contributed by atoms with Crippen LogP contribution in [0.25, 0.3) is 11.0 Å². The molecule has 1 N–H and O–H groups in total. The lowest BCUT2D eigenvalue weighted by molar-refractivity contribution is -0.152. The van der Waals surface area contributed by atoms with Crippen molar-refractivity contribution in [3.8, 4) is 11.6 Å². The van der Waals surface area contributed by atoms with Gasteiger partial charge in [-0.2, -0.15) is 0 Å². The van der Waals surface area contributed by atoms with Crippen molar-refractivity contribution in [2.45, 2.75) is 90.0 Å². The van der Waals surface area contributed by atoms with E-state index >= 15 is 0 Å². The Kier molecular flexibility index (Phi) is 8.24. The summed E-state index contributed by atoms with van der Waals surface area (Å²) < 4.78 is 22.5. The number of nitrogens with one attached hydrogen (secondary N) is 1. The number of rotatable bonds is 2. The van der Waals surface area contributed by atoms with Gasteiger partial charge in [0.1, 0.15) is 35.7 Å². The first-order chi connectivity index (χ1) is 19.6. The van der Waals surface area contributed by atoms with Crippen LogP contribution in [0.1, 0.15) is 65.0 Å². The molecule has 11 nitrogen and oxygen atoms in total. The molecule has 0 radical (unpaired) electrons. The van der Waals surface area contributed by atoms with Crippen molar-refractivity contribution in [2.24, 2.45) is 11.3 Å². The first-order valence-corrected chi connectivity index (χ1v) is 14.4. The summed E-state index contributed by atoms with van der Waals surface area (Å²) in [7, 11) is 2.89. The average Bonchev–Trinajstić information content (AvgIpc) is 3.53. The molecule has 41 heavy (non-hydrogen) atoms. The number of nitrogens with zero attached hydrogens (tertiary/aromatic N) is 3. The Labute approximate surface area is 240 Å². The van der Waals surface area contributed by atoms with E-state index in [2.05, 4.69) is 5.32 Å². The highest BCUT2D eigenvalue weighted by Gasteiger charge is 2.47. The highest BCUT2D eigenvalue weighted by Crippen LogP contribution is 2.39. The zero-order valence-electron chi connectivity index (χ0n) is 24.5. The third-order valence-corrected chi connectivity index (χ3v) is 8.18. The molecule has 5 atom stereocenters. The number of aryl methyl sites for hydroxylation is 1. The molecule has 1 aliphatic carbocycles. The number of hydrogen-bond donors (Lipinski definition) is 1. The average molecular weight is 569 g/mol. The lowest BCUT2D eigenvalue weighted by atomic mass is 9.85. The number of aromatic nitrogens is 2. The lowest BCUT2D eigenvalue weighted by Crippen LogP contribution is -2.57. The molecule has 1 saturated heterocycles. The van der Waals surface area contributed by atoms with Gasteiger partial charge in [0.2, 0.25) is 11.8 Å². The maximum Gasteiger partial charge on any atom is 0.408 e. The number of fused-ring (bicyclic) bond motifs is 5. The van der Waals surface area contributed by atoms with Crippen LogP contribution in [-0.4, -0.2) is 77.9 Å². The number of alkyl carbamates (subject to hydrolysis) is 1. The molecule has 1 aromatic carbocycles. The van der Waals surface area contributed by atoms with Crippen LogP contribution in [0.4, 0.5) is 4.79 Å². The Bertz CT molecular complexity index is 1310. The lowest BCUT2D eigenvalue weighted by Gasteiger charge is -2.34. The summed E-state index contributed by atoms with van der Waals surface area (Å²) >= 11 is 0. The first kappa shape index (κ1) is 28.9. The number of esters is 1. The van der Waals surface area contributed by atoms with Gasteiger partial charge in [0.25, 0.3) is 0 Å². The Morgan fingerprint density at radius 3 is 2.59 bits per heavy atom. The largest absolute Gasteiger partial charge is 0.497 e. The minimum absolute atomic E-state index is 0.129. The van der Waals surface area contributed by atoms with Gasteiger partial charge >= 0.3 is 12.1 Å². The Hall–Kier alpha value is -3.63. The zero-order valence-corrected chi connectivity index (χ0v) is 24.5. The predicted molar refractivity (Wildman–Crippen MR) is 150 cm³/mol. The highest BCUT2D eigenvalue weighted by molar-refractivity contribution is 5.91. The molecule has 2 bridgehead atoms. The molecule has 2 aromatic rings. The van der Waals surface area contributed by atoms with Gasteiger partial charge in [-0.25, -0.2) is 19.6 Å². The van der Waals surface area contributed by atoms with Crippen molar-refractivity contribution in [2.75, 3.05) is 20.8 Å². The van der Waals surface area contributed by atoms with Crippen molar-refractivity contribution >= 4 is 29.0 Å². The quantitative estimate of drug-likeness (QED) is 0.538. The van der Waals surface area contributed by atoms with Crippen LogP contribution in [-0.2, 0) is 25.5 Å². The summed E-state index contributed by atoms with van der Waals surface area (Å²) in [6, 6.07) is 3.76. The van der Waals surface area contributed by atoms with Crippen molar-refractivity contribution in [1.29, 1.82) is 0 Å². The number of amides is 2. The van der Waals surface area contributed by atoms with E-state index in [-0.39, 0.29) is 25.0 Å². The molecule has 2 amide bonds. The molecular formula is C30H40N4O7. The molecule has 5 rings (SSSR count). The second kappa shape index (κ2) is 11.7. The fourth-order valence-corrected chi connectivity index (χ4v) is 5.73. The van der Waals surface area contributed by atoms with E-state index in [1.807, 2.05) is 39.0 Å². The smallest absolute Gasteiger partial charge is 0.408 e. The van der Waals surface area contributed by atoms with Gasteiger partial charge in [-0.05, 0) is 49.1 Å². The topological polar surface area (TPSA) is 129 Å². The van der Waals surface area contributed by atoms with Crippen molar-refractivity contribution in [3.63, 3.8) is 0 Å². The summed E-state index contributed by atoms with van der Waals surface area (Å²) in [5.74, 6) is 0.458. The molecule has 1 aromatic heterocycles. The van der Waals surface area contributed by atoms with Gasteiger partial charge in [0, 0.05) is 12.5 Å². The van der Waals surface area contributed by atoms with Gasteiger partial charge in [-0.3, -0.25) is 4.79 Å². The molecule has 1 unspecified atom stereocenters. The third kappa shape index (κ3) is 6.49. The van der Waals surface area contributed by atoms with Crippen molar-refractivity contribution in [1.82, 2.24) is 20.2 Å². The number of methoxy groups -OCH3 is 2. The van der Waals surface area contributed by atoms with Crippen molar-refractivity contribution in [3.05, 3.63) is 23.9 Å². The molecule has 3 aliphatic rings. The van der Waals surface area contributed by atoms with E-state index < -0.39 is 35.7 Å².